The molecule has 0 unspecified atom stereocenters. The molecule has 1 aliphatic rings. The van der Waals surface area contributed by atoms with Gasteiger partial charge in [0.15, 0.2) is 11.6 Å². The highest BCUT2D eigenvalue weighted by Crippen LogP contribution is 2.39. The summed E-state index contributed by atoms with van der Waals surface area (Å²) in [6.07, 6.45) is 0. The lowest BCUT2D eigenvalue weighted by Gasteiger charge is -2.21. The number of hydrogen-bond donors (Lipinski definition) is 1. The maximum Gasteiger partial charge on any atom is 0.261 e. The van der Waals surface area contributed by atoms with E-state index in [0.29, 0.717) is 0 Å². The first-order valence-corrected chi connectivity index (χ1v) is 10.4. The molecule has 1 N–H and O–H groups in total. The average molecular weight is 415 g/mol. The fourth-order valence-electron chi connectivity index (χ4n) is 3.06. The lowest BCUT2D eigenvalue weighted by molar-refractivity contribution is 0.0974. The van der Waals surface area contributed by atoms with Crippen molar-refractivity contribution in [3.05, 3.63) is 82.9 Å². The first kappa shape index (κ1) is 18.2. The monoisotopic (exact) mass is 414 g/mol. The van der Waals surface area contributed by atoms with Crippen LogP contribution in [0, 0.1) is 0 Å². The van der Waals surface area contributed by atoms with Gasteiger partial charge in [0.25, 0.3) is 9.05 Å². The van der Waals surface area contributed by atoms with Gasteiger partial charge in [-0.25, -0.2) is 8.42 Å². The highest BCUT2D eigenvalue weighted by molar-refractivity contribution is 8.13. The normalized spacial score (nSPS) is 13.0. The van der Waals surface area contributed by atoms with E-state index in [9.17, 15) is 23.1 Å². The second-order valence-electron chi connectivity index (χ2n) is 6.05. The van der Waals surface area contributed by atoms with Crippen molar-refractivity contribution in [2.24, 2.45) is 0 Å². The number of rotatable bonds is 3. The summed E-state index contributed by atoms with van der Waals surface area (Å²) in [6.45, 7) is 0. The molecule has 0 radical (unpaired) electrons. The molecular formula is C20H11ClO6S. The van der Waals surface area contributed by atoms with E-state index in [-0.39, 0.29) is 44.4 Å². The number of hydrogen-bond acceptors (Lipinski definition) is 6. The van der Waals surface area contributed by atoms with Gasteiger partial charge in [0.1, 0.15) is 17.2 Å². The van der Waals surface area contributed by atoms with E-state index in [1.54, 1.807) is 12.1 Å². The van der Waals surface area contributed by atoms with E-state index in [1.165, 1.54) is 48.5 Å². The molecule has 0 aliphatic heterocycles. The van der Waals surface area contributed by atoms with Gasteiger partial charge in [0.05, 0.1) is 16.0 Å². The highest BCUT2D eigenvalue weighted by Gasteiger charge is 2.34. The third kappa shape index (κ3) is 2.94. The summed E-state index contributed by atoms with van der Waals surface area (Å²) >= 11 is 0. The van der Waals surface area contributed by atoms with Crippen LogP contribution in [0.15, 0.2) is 65.6 Å². The Kier molecular flexibility index (Phi) is 4.21. The summed E-state index contributed by atoms with van der Waals surface area (Å²) < 4.78 is 28.4. The number of phenolic OH excluding ortho intramolecular Hbond substituents is 1. The van der Waals surface area contributed by atoms with E-state index in [0.717, 1.165) is 0 Å². The van der Waals surface area contributed by atoms with Crippen molar-refractivity contribution in [3.63, 3.8) is 0 Å². The molecule has 0 saturated carbocycles. The Hall–Kier alpha value is -3.16. The lowest BCUT2D eigenvalue weighted by atomic mass is 9.83. The van der Waals surface area contributed by atoms with Gasteiger partial charge in [-0.3, -0.25) is 9.59 Å². The second-order valence-corrected chi connectivity index (χ2v) is 8.61. The molecule has 0 saturated heterocycles. The van der Waals surface area contributed by atoms with Crippen molar-refractivity contribution in [2.45, 2.75) is 4.90 Å². The molecule has 3 aromatic rings. The van der Waals surface area contributed by atoms with Gasteiger partial charge in [-0.2, -0.15) is 0 Å². The van der Waals surface area contributed by atoms with Crippen LogP contribution in [-0.2, 0) is 9.05 Å². The molecule has 28 heavy (non-hydrogen) atoms. The van der Waals surface area contributed by atoms with E-state index < -0.39 is 20.6 Å². The highest BCUT2D eigenvalue weighted by atomic mass is 35.7. The molecule has 0 heterocycles. The number of carbonyl (C=O) groups is 2. The molecule has 0 amide bonds. The average Bonchev–Trinajstić information content (AvgIpc) is 2.67. The summed E-state index contributed by atoms with van der Waals surface area (Å²) in [7, 11) is 1.41. The SMILES string of the molecule is O=C1c2ccccc2C(=O)c2c(Oc3ccc(S(=O)(=O)Cl)cc3)ccc(O)c21. The molecule has 0 spiro atoms. The Morgan fingerprint density at radius 1 is 0.786 bits per heavy atom. The van der Waals surface area contributed by atoms with Crippen molar-refractivity contribution in [2.75, 3.05) is 0 Å². The predicted molar refractivity (Wildman–Crippen MR) is 101 cm³/mol. The maximum absolute atomic E-state index is 13.0. The molecule has 3 aromatic carbocycles. The number of aromatic hydroxyl groups is 1. The molecule has 0 fully saturated rings. The van der Waals surface area contributed by atoms with Crippen LogP contribution in [0.25, 0.3) is 0 Å². The van der Waals surface area contributed by atoms with Crippen LogP contribution in [0.2, 0.25) is 0 Å². The standard InChI is InChI=1S/C20H11ClO6S/c21-28(25,26)12-7-5-11(6-8-12)27-16-10-9-15(22)17-18(16)20(24)14-4-2-1-3-13(14)19(17)23/h1-10,22H. The molecule has 0 atom stereocenters. The Bertz CT molecular complexity index is 1250. The van der Waals surface area contributed by atoms with Crippen LogP contribution in [0.1, 0.15) is 31.8 Å². The van der Waals surface area contributed by atoms with Crippen LogP contribution in [0.5, 0.6) is 17.2 Å². The van der Waals surface area contributed by atoms with Crippen LogP contribution in [0.4, 0.5) is 0 Å². The van der Waals surface area contributed by atoms with Crippen molar-refractivity contribution in [1.29, 1.82) is 0 Å². The molecule has 0 aromatic heterocycles. The molecule has 8 heteroatoms. The minimum Gasteiger partial charge on any atom is -0.507 e. The van der Waals surface area contributed by atoms with Crippen molar-refractivity contribution >= 4 is 31.3 Å². The molecule has 1 aliphatic carbocycles. The van der Waals surface area contributed by atoms with Crippen LogP contribution in [-0.4, -0.2) is 25.1 Å². The van der Waals surface area contributed by atoms with Gasteiger partial charge in [0.2, 0.25) is 0 Å². The number of fused-ring (bicyclic) bond motifs is 2. The molecular weight excluding hydrogens is 404 g/mol. The van der Waals surface area contributed by atoms with Gasteiger partial charge in [0, 0.05) is 21.8 Å². The van der Waals surface area contributed by atoms with Gasteiger partial charge in [-0.1, -0.05) is 24.3 Å². The predicted octanol–water partition coefficient (Wildman–Crippen LogP) is 3.89. The summed E-state index contributed by atoms with van der Waals surface area (Å²) in [5.74, 6) is -0.940. The van der Waals surface area contributed by atoms with Crippen molar-refractivity contribution in [3.8, 4) is 17.2 Å². The van der Waals surface area contributed by atoms with Gasteiger partial charge in [-0.15, -0.1) is 0 Å². The first-order valence-electron chi connectivity index (χ1n) is 8.04. The van der Waals surface area contributed by atoms with E-state index in [4.69, 9.17) is 15.4 Å². The fourth-order valence-corrected chi connectivity index (χ4v) is 3.83. The fraction of sp³-hybridized carbons (Fsp3) is 0. The van der Waals surface area contributed by atoms with Gasteiger partial charge >= 0.3 is 0 Å². The Morgan fingerprint density at radius 2 is 1.36 bits per heavy atom. The number of ether oxygens (including phenoxy) is 1. The third-order valence-electron chi connectivity index (χ3n) is 4.35. The van der Waals surface area contributed by atoms with E-state index in [1.807, 2.05) is 0 Å². The minimum absolute atomic E-state index is 0.0438. The third-order valence-corrected chi connectivity index (χ3v) is 5.72. The number of phenols is 1. The molecule has 4 rings (SSSR count). The van der Waals surface area contributed by atoms with Gasteiger partial charge in [-0.05, 0) is 36.4 Å². The Morgan fingerprint density at radius 3 is 1.93 bits per heavy atom. The number of benzene rings is 3. The molecule has 0 bridgehead atoms. The zero-order valence-electron chi connectivity index (χ0n) is 14.0. The van der Waals surface area contributed by atoms with E-state index in [2.05, 4.69) is 0 Å². The summed E-state index contributed by atoms with van der Waals surface area (Å²) in [5, 5.41) is 10.2. The minimum atomic E-state index is -3.88. The Labute approximate surface area is 164 Å². The van der Waals surface area contributed by atoms with E-state index >= 15 is 0 Å². The van der Waals surface area contributed by atoms with Crippen molar-refractivity contribution < 1.29 is 27.9 Å². The zero-order valence-corrected chi connectivity index (χ0v) is 15.6. The molecule has 6 nitrogen and oxygen atoms in total. The molecule has 140 valence electrons. The maximum atomic E-state index is 13.0. The Balaban J connectivity index is 1.81. The summed E-state index contributed by atoms with van der Waals surface area (Å²) in [4.78, 5) is 25.6. The first-order chi connectivity index (χ1) is 13.3. The zero-order chi connectivity index (χ0) is 20.1. The quantitative estimate of drug-likeness (QED) is 0.511. The number of carbonyl (C=O) groups excluding carboxylic acids is 2. The summed E-state index contributed by atoms with van der Waals surface area (Å²) in [6, 6.07) is 14.2. The number of ketones is 2. The topological polar surface area (TPSA) is 97.7 Å². The largest absolute Gasteiger partial charge is 0.507 e. The van der Waals surface area contributed by atoms with Gasteiger partial charge < -0.3 is 9.84 Å². The van der Waals surface area contributed by atoms with Crippen LogP contribution < -0.4 is 4.74 Å². The lowest BCUT2D eigenvalue weighted by Crippen LogP contribution is -2.21. The van der Waals surface area contributed by atoms with Crippen molar-refractivity contribution in [1.82, 2.24) is 0 Å². The van der Waals surface area contributed by atoms with Crippen LogP contribution in [0.3, 0.4) is 0 Å². The summed E-state index contributed by atoms with van der Waals surface area (Å²) in [5.41, 5.74) is 0.266. The second kappa shape index (κ2) is 6.47. The number of halogens is 1. The smallest absolute Gasteiger partial charge is 0.261 e. The van der Waals surface area contributed by atoms with Crippen LogP contribution >= 0.6 is 10.7 Å².